The summed E-state index contributed by atoms with van der Waals surface area (Å²) in [6, 6.07) is 6.02. The number of nitrogens with zero attached hydrogens (tertiary/aromatic N) is 3. The molecule has 1 atom stereocenters. The van der Waals surface area contributed by atoms with Gasteiger partial charge in [0.2, 0.25) is 5.91 Å². The van der Waals surface area contributed by atoms with E-state index < -0.39 is 0 Å². The molecule has 0 aromatic heterocycles. The van der Waals surface area contributed by atoms with E-state index in [-0.39, 0.29) is 11.8 Å². The molecule has 2 amide bonds. The molecule has 3 rings (SSSR count). The highest BCUT2D eigenvalue weighted by Gasteiger charge is 2.27. The second-order valence-corrected chi connectivity index (χ2v) is 9.02. The lowest BCUT2D eigenvalue weighted by molar-refractivity contribution is -0.133. The fraction of sp³-hybridized carbons (Fsp3) is 0.667. The Morgan fingerprint density at radius 1 is 1.17 bits per heavy atom. The van der Waals surface area contributed by atoms with Crippen molar-refractivity contribution in [1.82, 2.24) is 14.7 Å². The number of hydrogen-bond donors (Lipinski definition) is 0. The van der Waals surface area contributed by atoms with Gasteiger partial charge < -0.3 is 19.4 Å². The molecule has 6 heteroatoms. The molecule has 2 fully saturated rings. The molecule has 2 aliphatic rings. The van der Waals surface area contributed by atoms with Crippen LogP contribution in [-0.2, 0) is 4.79 Å². The number of benzene rings is 1. The quantitative estimate of drug-likeness (QED) is 0.716. The van der Waals surface area contributed by atoms with Gasteiger partial charge in [-0.2, -0.15) is 0 Å². The van der Waals surface area contributed by atoms with Gasteiger partial charge in [-0.25, -0.2) is 0 Å². The summed E-state index contributed by atoms with van der Waals surface area (Å²) < 4.78 is 5.37. The lowest BCUT2D eigenvalue weighted by Gasteiger charge is -2.36. The zero-order valence-corrected chi connectivity index (χ0v) is 19.0. The minimum absolute atomic E-state index is 0.0628. The second kappa shape index (κ2) is 10.3. The molecule has 166 valence electrons. The number of hydrogen-bond acceptors (Lipinski definition) is 4. The Morgan fingerprint density at radius 2 is 1.90 bits per heavy atom. The Kier molecular flexibility index (Phi) is 7.75. The van der Waals surface area contributed by atoms with Gasteiger partial charge in [0.05, 0.1) is 7.11 Å². The molecular formula is C24H37N3O3. The summed E-state index contributed by atoms with van der Waals surface area (Å²) in [6.07, 6.45) is 5.64. The molecule has 0 spiro atoms. The predicted octanol–water partition coefficient (Wildman–Crippen LogP) is 3.19. The Bertz CT molecular complexity index is 743. The summed E-state index contributed by atoms with van der Waals surface area (Å²) in [5, 5.41) is 0. The highest BCUT2D eigenvalue weighted by atomic mass is 16.5. The molecule has 0 bridgehead atoms. The zero-order chi connectivity index (χ0) is 21.7. The number of carbonyl (C=O) groups is 2. The molecule has 0 radical (unpaired) electrons. The van der Waals surface area contributed by atoms with Crippen molar-refractivity contribution < 1.29 is 14.3 Å². The van der Waals surface area contributed by atoms with Gasteiger partial charge in [0.1, 0.15) is 5.75 Å². The summed E-state index contributed by atoms with van der Waals surface area (Å²) >= 11 is 0. The average molecular weight is 416 g/mol. The molecule has 1 aromatic carbocycles. The maximum atomic E-state index is 13.0. The third-order valence-corrected chi connectivity index (χ3v) is 6.86. The smallest absolute Gasteiger partial charge is 0.253 e. The van der Waals surface area contributed by atoms with E-state index in [4.69, 9.17) is 4.74 Å². The van der Waals surface area contributed by atoms with Crippen LogP contribution in [0.5, 0.6) is 5.75 Å². The third kappa shape index (κ3) is 5.54. The third-order valence-electron chi connectivity index (χ3n) is 6.86. The van der Waals surface area contributed by atoms with Crippen LogP contribution in [0.25, 0.3) is 0 Å². The van der Waals surface area contributed by atoms with Crippen molar-refractivity contribution in [3.8, 4) is 5.75 Å². The highest BCUT2D eigenvalue weighted by molar-refractivity contribution is 5.94. The fourth-order valence-corrected chi connectivity index (χ4v) is 4.71. The normalized spacial score (nSPS) is 20.8. The largest absolute Gasteiger partial charge is 0.496 e. The predicted molar refractivity (Wildman–Crippen MR) is 119 cm³/mol. The van der Waals surface area contributed by atoms with Crippen molar-refractivity contribution in [1.29, 1.82) is 0 Å². The number of amides is 2. The zero-order valence-electron chi connectivity index (χ0n) is 19.0. The Morgan fingerprint density at radius 3 is 2.60 bits per heavy atom. The molecular weight excluding hydrogens is 378 g/mol. The van der Waals surface area contributed by atoms with E-state index in [1.807, 2.05) is 42.0 Å². The van der Waals surface area contributed by atoms with E-state index in [2.05, 4.69) is 11.9 Å². The molecule has 1 aromatic rings. The Labute approximate surface area is 181 Å². The summed E-state index contributed by atoms with van der Waals surface area (Å²) in [5.74, 6) is 1.45. The van der Waals surface area contributed by atoms with E-state index in [0.717, 1.165) is 69.6 Å². The number of likely N-dealkylation sites (tertiary alicyclic amines) is 2. The lowest BCUT2D eigenvalue weighted by Crippen LogP contribution is -2.44. The number of ether oxygens (including phenoxy) is 1. The standard InChI is InChI=1S/C24H37N3O3/c1-18-7-9-20(16-22(18)30-4)24(29)27-13-5-6-19(17-27)8-10-23(28)26(3)21-11-14-25(2)15-12-21/h7,9,16,19,21H,5-6,8,10-15,17H2,1-4H3/t19-/m0/s1. The van der Waals surface area contributed by atoms with Crippen LogP contribution in [0.3, 0.4) is 0 Å². The van der Waals surface area contributed by atoms with Crippen molar-refractivity contribution in [2.75, 3.05) is 47.4 Å². The first kappa shape index (κ1) is 22.6. The maximum absolute atomic E-state index is 13.0. The van der Waals surface area contributed by atoms with Crippen LogP contribution < -0.4 is 4.74 Å². The number of aryl methyl sites for hydroxylation is 1. The van der Waals surface area contributed by atoms with E-state index in [1.165, 1.54) is 0 Å². The van der Waals surface area contributed by atoms with Crippen molar-refractivity contribution in [3.63, 3.8) is 0 Å². The molecule has 0 N–H and O–H groups in total. The van der Waals surface area contributed by atoms with Crippen LogP contribution in [0.2, 0.25) is 0 Å². The first-order valence-electron chi connectivity index (χ1n) is 11.3. The first-order chi connectivity index (χ1) is 14.4. The maximum Gasteiger partial charge on any atom is 0.253 e. The molecule has 2 heterocycles. The van der Waals surface area contributed by atoms with Gasteiger partial charge in [-0.1, -0.05) is 6.07 Å². The first-order valence-corrected chi connectivity index (χ1v) is 11.3. The van der Waals surface area contributed by atoms with E-state index in [0.29, 0.717) is 23.9 Å². The Balaban J connectivity index is 1.51. The summed E-state index contributed by atoms with van der Waals surface area (Å²) in [7, 11) is 5.73. The van der Waals surface area contributed by atoms with Crippen LogP contribution in [0.4, 0.5) is 0 Å². The number of piperidine rings is 2. The monoisotopic (exact) mass is 415 g/mol. The average Bonchev–Trinajstić information content (AvgIpc) is 2.77. The van der Waals surface area contributed by atoms with Gasteiger partial charge in [0.25, 0.3) is 5.91 Å². The van der Waals surface area contributed by atoms with Gasteiger partial charge in [0.15, 0.2) is 0 Å². The van der Waals surface area contributed by atoms with Crippen molar-refractivity contribution in [2.24, 2.45) is 5.92 Å². The van der Waals surface area contributed by atoms with Crippen molar-refractivity contribution in [3.05, 3.63) is 29.3 Å². The van der Waals surface area contributed by atoms with Crippen LogP contribution in [0.15, 0.2) is 18.2 Å². The van der Waals surface area contributed by atoms with Crippen molar-refractivity contribution in [2.45, 2.75) is 51.5 Å². The number of carbonyl (C=O) groups excluding carboxylic acids is 2. The van der Waals surface area contributed by atoms with Gasteiger partial charge in [-0.15, -0.1) is 0 Å². The van der Waals surface area contributed by atoms with Crippen LogP contribution in [-0.4, -0.2) is 79.9 Å². The van der Waals surface area contributed by atoms with E-state index in [9.17, 15) is 9.59 Å². The molecule has 2 aliphatic heterocycles. The highest BCUT2D eigenvalue weighted by Crippen LogP contribution is 2.25. The molecule has 30 heavy (non-hydrogen) atoms. The lowest BCUT2D eigenvalue weighted by atomic mass is 9.92. The van der Waals surface area contributed by atoms with Crippen molar-refractivity contribution >= 4 is 11.8 Å². The molecule has 2 saturated heterocycles. The summed E-state index contributed by atoms with van der Waals surface area (Å²) in [4.78, 5) is 32.0. The molecule has 0 aliphatic carbocycles. The van der Waals surface area contributed by atoms with Gasteiger partial charge >= 0.3 is 0 Å². The van der Waals surface area contributed by atoms with Crippen LogP contribution in [0.1, 0.15) is 54.4 Å². The summed E-state index contributed by atoms with van der Waals surface area (Å²) in [5.41, 5.74) is 1.70. The minimum atomic E-state index is 0.0628. The van der Waals surface area contributed by atoms with E-state index >= 15 is 0 Å². The van der Waals surface area contributed by atoms with Crippen LogP contribution >= 0.6 is 0 Å². The topological polar surface area (TPSA) is 53.1 Å². The SMILES string of the molecule is COc1cc(C(=O)N2CCC[C@@H](CCC(=O)N(C)C3CCN(C)CC3)C2)ccc1C. The summed E-state index contributed by atoms with van der Waals surface area (Å²) in [6.45, 7) is 5.62. The second-order valence-electron chi connectivity index (χ2n) is 9.02. The fourth-order valence-electron chi connectivity index (χ4n) is 4.71. The molecule has 0 unspecified atom stereocenters. The van der Waals surface area contributed by atoms with E-state index in [1.54, 1.807) is 7.11 Å². The molecule has 6 nitrogen and oxygen atoms in total. The minimum Gasteiger partial charge on any atom is -0.496 e. The number of methoxy groups -OCH3 is 1. The molecule has 0 saturated carbocycles. The van der Waals surface area contributed by atoms with Gasteiger partial charge in [0, 0.05) is 38.2 Å². The van der Waals surface area contributed by atoms with Gasteiger partial charge in [-0.05, 0) is 82.8 Å². The Hall–Kier alpha value is -2.08. The number of rotatable bonds is 6. The van der Waals surface area contributed by atoms with Crippen LogP contribution in [0, 0.1) is 12.8 Å². The van der Waals surface area contributed by atoms with Gasteiger partial charge in [-0.3, -0.25) is 9.59 Å².